The molecule has 18 heavy (non-hydrogen) atoms. The fourth-order valence-corrected chi connectivity index (χ4v) is 2.18. The molecule has 0 aromatic heterocycles. The van der Waals surface area contributed by atoms with E-state index in [1.807, 2.05) is 0 Å². The van der Waals surface area contributed by atoms with Crippen molar-refractivity contribution in [2.45, 2.75) is 45.7 Å². The highest BCUT2D eigenvalue weighted by Gasteiger charge is 2.15. The van der Waals surface area contributed by atoms with Crippen LogP contribution in [0.2, 0.25) is 0 Å². The van der Waals surface area contributed by atoms with Gasteiger partial charge in [0.15, 0.2) is 0 Å². The minimum absolute atomic E-state index is 0.443. The lowest BCUT2D eigenvalue weighted by Crippen LogP contribution is -2.32. The Kier molecular flexibility index (Phi) is 6.99. The monoisotopic (exact) mass is 249 g/mol. The first-order valence-electron chi connectivity index (χ1n) is 6.93. The molecule has 2 unspecified atom stereocenters. The molecule has 0 saturated carbocycles. The van der Waals surface area contributed by atoms with E-state index < -0.39 is 0 Å². The van der Waals surface area contributed by atoms with Gasteiger partial charge >= 0.3 is 0 Å². The van der Waals surface area contributed by atoms with Crippen LogP contribution in [0.1, 0.15) is 45.2 Å². The standard InChI is InChI=1S/C16H27NO/c1-13(2)12-16(15-8-6-5-7-9-15)17-14(3)10-11-18-4/h5-9,13-14,16-17H,10-12H2,1-4H3. The zero-order valence-corrected chi connectivity index (χ0v) is 12.1. The number of ether oxygens (including phenoxy) is 1. The third-order valence-electron chi connectivity index (χ3n) is 3.15. The first kappa shape index (κ1) is 15.2. The smallest absolute Gasteiger partial charge is 0.0476 e. The maximum absolute atomic E-state index is 5.14. The second kappa shape index (κ2) is 8.28. The first-order valence-corrected chi connectivity index (χ1v) is 6.93. The van der Waals surface area contributed by atoms with Crippen LogP contribution in [-0.2, 0) is 4.74 Å². The predicted octanol–water partition coefficient (Wildman–Crippen LogP) is 3.79. The number of methoxy groups -OCH3 is 1. The number of hydrogen-bond acceptors (Lipinski definition) is 2. The van der Waals surface area contributed by atoms with E-state index in [0.717, 1.165) is 13.0 Å². The lowest BCUT2D eigenvalue weighted by atomic mass is 9.96. The summed E-state index contributed by atoms with van der Waals surface area (Å²) in [6, 6.07) is 11.7. The minimum Gasteiger partial charge on any atom is -0.385 e. The molecule has 0 amide bonds. The van der Waals surface area contributed by atoms with Crippen molar-refractivity contribution in [2.24, 2.45) is 5.92 Å². The normalized spacial score (nSPS) is 14.7. The zero-order valence-electron chi connectivity index (χ0n) is 12.1. The molecule has 0 bridgehead atoms. The number of hydrogen-bond donors (Lipinski definition) is 1. The maximum atomic E-state index is 5.14. The molecule has 0 heterocycles. The molecular weight excluding hydrogens is 222 g/mol. The number of rotatable bonds is 8. The van der Waals surface area contributed by atoms with Crippen molar-refractivity contribution in [3.63, 3.8) is 0 Å². The van der Waals surface area contributed by atoms with E-state index >= 15 is 0 Å². The van der Waals surface area contributed by atoms with E-state index in [0.29, 0.717) is 18.0 Å². The Bertz CT molecular complexity index is 310. The van der Waals surface area contributed by atoms with Crippen LogP contribution in [-0.4, -0.2) is 19.8 Å². The molecule has 0 aliphatic heterocycles. The molecule has 2 atom stereocenters. The van der Waals surface area contributed by atoms with E-state index in [1.165, 1.54) is 12.0 Å². The van der Waals surface area contributed by atoms with Crippen LogP contribution >= 0.6 is 0 Å². The molecule has 1 N–H and O–H groups in total. The zero-order chi connectivity index (χ0) is 13.4. The molecule has 0 aliphatic rings. The maximum Gasteiger partial charge on any atom is 0.0476 e. The predicted molar refractivity (Wildman–Crippen MR) is 77.7 cm³/mol. The van der Waals surface area contributed by atoms with Crippen LogP contribution < -0.4 is 5.32 Å². The number of nitrogens with one attached hydrogen (secondary N) is 1. The van der Waals surface area contributed by atoms with Gasteiger partial charge < -0.3 is 10.1 Å². The summed E-state index contributed by atoms with van der Waals surface area (Å²) >= 11 is 0. The Hall–Kier alpha value is -0.860. The van der Waals surface area contributed by atoms with Crippen LogP contribution in [0.5, 0.6) is 0 Å². The molecule has 2 nitrogen and oxygen atoms in total. The third kappa shape index (κ3) is 5.65. The molecule has 2 heteroatoms. The molecular formula is C16H27NO. The Morgan fingerprint density at radius 1 is 1.11 bits per heavy atom. The van der Waals surface area contributed by atoms with Gasteiger partial charge in [0.1, 0.15) is 0 Å². The Morgan fingerprint density at radius 2 is 1.78 bits per heavy atom. The molecule has 102 valence electrons. The molecule has 0 saturated heterocycles. The molecule has 1 rings (SSSR count). The average Bonchev–Trinajstić information content (AvgIpc) is 2.36. The van der Waals surface area contributed by atoms with Gasteiger partial charge in [-0.1, -0.05) is 44.2 Å². The highest BCUT2D eigenvalue weighted by atomic mass is 16.5. The van der Waals surface area contributed by atoms with Crippen molar-refractivity contribution in [1.29, 1.82) is 0 Å². The van der Waals surface area contributed by atoms with Crippen molar-refractivity contribution in [1.82, 2.24) is 5.32 Å². The summed E-state index contributed by atoms with van der Waals surface area (Å²) in [7, 11) is 1.76. The molecule has 1 aromatic carbocycles. The topological polar surface area (TPSA) is 21.3 Å². The summed E-state index contributed by atoms with van der Waals surface area (Å²) in [5.41, 5.74) is 1.38. The fraction of sp³-hybridized carbons (Fsp3) is 0.625. The largest absolute Gasteiger partial charge is 0.385 e. The second-order valence-electron chi connectivity index (χ2n) is 5.44. The Labute approximate surface area is 112 Å². The summed E-state index contributed by atoms with van der Waals surface area (Å²) in [5, 5.41) is 3.72. The molecule has 0 fully saturated rings. The second-order valence-corrected chi connectivity index (χ2v) is 5.44. The van der Waals surface area contributed by atoms with E-state index in [-0.39, 0.29) is 0 Å². The van der Waals surface area contributed by atoms with Crippen molar-refractivity contribution in [3.05, 3.63) is 35.9 Å². The first-order chi connectivity index (χ1) is 8.63. The fourth-order valence-electron chi connectivity index (χ4n) is 2.18. The van der Waals surface area contributed by atoms with Gasteiger partial charge in [-0.05, 0) is 31.2 Å². The molecule has 0 aliphatic carbocycles. The minimum atomic E-state index is 0.443. The lowest BCUT2D eigenvalue weighted by molar-refractivity contribution is 0.181. The summed E-state index contributed by atoms with van der Waals surface area (Å²) in [6.07, 6.45) is 2.22. The van der Waals surface area contributed by atoms with Crippen molar-refractivity contribution >= 4 is 0 Å². The van der Waals surface area contributed by atoms with Crippen LogP contribution in [0.25, 0.3) is 0 Å². The average molecular weight is 249 g/mol. The van der Waals surface area contributed by atoms with Gasteiger partial charge in [0, 0.05) is 25.8 Å². The third-order valence-corrected chi connectivity index (χ3v) is 3.15. The van der Waals surface area contributed by atoms with E-state index in [9.17, 15) is 0 Å². The highest BCUT2D eigenvalue weighted by molar-refractivity contribution is 5.19. The van der Waals surface area contributed by atoms with Crippen molar-refractivity contribution < 1.29 is 4.74 Å². The van der Waals surface area contributed by atoms with Gasteiger partial charge in [-0.3, -0.25) is 0 Å². The van der Waals surface area contributed by atoms with Crippen LogP contribution in [0.3, 0.4) is 0 Å². The van der Waals surface area contributed by atoms with E-state index in [4.69, 9.17) is 4.74 Å². The van der Waals surface area contributed by atoms with Gasteiger partial charge in [-0.25, -0.2) is 0 Å². The van der Waals surface area contributed by atoms with Gasteiger partial charge in [0.05, 0.1) is 0 Å². The summed E-state index contributed by atoms with van der Waals surface area (Å²) < 4.78 is 5.14. The Morgan fingerprint density at radius 3 is 2.33 bits per heavy atom. The Balaban J connectivity index is 2.61. The SMILES string of the molecule is COCCC(C)NC(CC(C)C)c1ccccc1. The number of benzene rings is 1. The van der Waals surface area contributed by atoms with Crippen molar-refractivity contribution in [2.75, 3.05) is 13.7 Å². The van der Waals surface area contributed by atoms with Crippen LogP contribution in [0.4, 0.5) is 0 Å². The highest BCUT2D eigenvalue weighted by Crippen LogP contribution is 2.22. The van der Waals surface area contributed by atoms with Gasteiger partial charge in [-0.15, -0.1) is 0 Å². The van der Waals surface area contributed by atoms with Crippen LogP contribution in [0.15, 0.2) is 30.3 Å². The van der Waals surface area contributed by atoms with E-state index in [1.54, 1.807) is 7.11 Å². The molecule has 0 spiro atoms. The van der Waals surface area contributed by atoms with Gasteiger partial charge in [0.2, 0.25) is 0 Å². The molecule has 1 aromatic rings. The van der Waals surface area contributed by atoms with E-state index in [2.05, 4.69) is 56.4 Å². The van der Waals surface area contributed by atoms with Crippen LogP contribution in [0, 0.1) is 5.92 Å². The molecule has 0 radical (unpaired) electrons. The summed E-state index contributed by atoms with van der Waals surface area (Å²) in [5.74, 6) is 0.692. The lowest BCUT2D eigenvalue weighted by Gasteiger charge is -2.25. The quantitative estimate of drug-likeness (QED) is 0.757. The van der Waals surface area contributed by atoms with Gasteiger partial charge in [-0.2, -0.15) is 0 Å². The van der Waals surface area contributed by atoms with Gasteiger partial charge in [0.25, 0.3) is 0 Å². The summed E-state index contributed by atoms with van der Waals surface area (Å²) in [6.45, 7) is 7.60. The van der Waals surface area contributed by atoms with Crippen molar-refractivity contribution in [3.8, 4) is 0 Å². The summed E-state index contributed by atoms with van der Waals surface area (Å²) in [4.78, 5) is 0.